The minimum Gasteiger partial charge on any atom is -0.493 e. The van der Waals surface area contributed by atoms with Gasteiger partial charge in [0.1, 0.15) is 5.75 Å². The Balaban J connectivity index is 2.06. The topological polar surface area (TPSA) is 38.3 Å². The number of nitrogens with one attached hydrogen (secondary N) is 1. The van der Waals surface area contributed by atoms with Gasteiger partial charge in [-0.25, -0.2) is 0 Å². The highest BCUT2D eigenvalue weighted by molar-refractivity contribution is 5.76. The van der Waals surface area contributed by atoms with E-state index in [9.17, 15) is 4.79 Å². The number of hydrogen-bond donors (Lipinski definition) is 1. The van der Waals surface area contributed by atoms with Crippen molar-refractivity contribution in [2.45, 2.75) is 32.7 Å². The Morgan fingerprint density at radius 1 is 1.47 bits per heavy atom. The van der Waals surface area contributed by atoms with Gasteiger partial charge in [0.2, 0.25) is 5.91 Å². The molecule has 1 N–H and O–H groups in total. The fourth-order valence-corrected chi connectivity index (χ4v) is 2.12. The molecule has 3 heteroatoms. The SMILES string of the molecule is CC(C)CC(=O)N[C@@H]1CCOc2ccccc21. The van der Waals surface area contributed by atoms with Crippen molar-refractivity contribution in [2.75, 3.05) is 6.61 Å². The van der Waals surface area contributed by atoms with Gasteiger partial charge in [-0.2, -0.15) is 0 Å². The fraction of sp³-hybridized carbons (Fsp3) is 0.500. The van der Waals surface area contributed by atoms with Crippen LogP contribution in [0, 0.1) is 5.92 Å². The lowest BCUT2D eigenvalue weighted by Crippen LogP contribution is -2.32. The summed E-state index contributed by atoms with van der Waals surface area (Å²) in [6, 6.07) is 8.02. The van der Waals surface area contributed by atoms with Crippen LogP contribution in [0.1, 0.15) is 38.3 Å². The number of hydrogen-bond acceptors (Lipinski definition) is 2. The molecule has 1 aliphatic rings. The van der Waals surface area contributed by atoms with Crippen molar-refractivity contribution in [3.63, 3.8) is 0 Å². The van der Waals surface area contributed by atoms with Crippen molar-refractivity contribution >= 4 is 5.91 Å². The molecule has 2 rings (SSSR count). The summed E-state index contributed by atoms with van der Waals surface area (Å²) >= 11 is 0. The maximum atomic E-state index is 11.8. The second kappa shape index (κ2) is 5.21. The van der Waals surface area contributed by atoms with Crippen LogP contribution >= 0.6 is 0 Å². The van der Waals surface area contributed by atoms with Crippen LogP contribution in [0.3, 0.4) is 0 Å². The van der Waals surface area contributed by atoms with Gasteiger partial charge in [0, 0.05) is 18.4 Å². The largest absolute Gasteiger partial charge is 0.493 e. The molecule has 0 saturated carbocycles. The van der Waals surface area contributed by atoms with E-state index in [1.165, 1.54) is 0 Å². The monoisotopic (exact) mass is 233 g/mol. The highest BCUT2D eigenvalue weighted by Gasteiger charge is 2.22. The van der Waals surface area contributed by atoms with E-state index in [0.29, 0.717) is 18.9 Å². The van der Waals surface area contributed by atoms with Gasteiger partial charge in [-0.1, -0.05) is 32.0 Å². The van der Waals surface area contributed by atoms with Crippen LogP contribution in [-0.2, 0) is 4.79 Å². The summed E-state index contributed by atoms with van der Waals surface area (Å²) < 4.78 is 5.57. The lowest BCUT2D eigenvalue weighted by atomic mass is 10.00. The third-order valence-corrected chi connectivity index (χ3v) is 2.89. The standard InChI is InChI=1S/C14H19NO2/c1-10(2)9-14(16)15-12-7-8-17-13-6-4-3-5-11(12)13/h3-6,10,12H,7-9H2,1-2H3,(H,15,16)/t12-/m1/s1. The van der Waals surface area contributed by atoms with Crippen LogP contribution in [0.15, 0.2) is 24.3 Å². The zero-order valence-electron chi connectivity index (χ0n) is 10.4. The molecule has 0 bridgehead atoms. The Morgan fingerprint density at radius 2 is 2.24 bits per heavy atom. The van der Waals surface area contributed by atoms with Crippen LogP contribution in [-0.4, -0.2) is 12.5 Å². The Hall–Kier alpha value is -1.51. The second-order valence-corrected chi connectivity index (χ2v) is 4.89. The van der Waals surface area contributed by atoms with Crippen LogP contribution in [0.5, 0.6) is 5.75 Å². The molecule has 92 valence electrons. The normalized spacial score (nSPS) is 18.4. The summed E-state index contributed by atoms with van der Waals surface area (Å²) in [6.07, 6.45) is 1.43. The van der Waals surface area contributed by atoms with Gasteiger partial charge >= 0.3 is 0 Å². The zero-order valence-corrected chi connectivity index (χ0v) is 10.4. The average molecular weight is 233 g/mol. The van der Waals surface area contributed by atoms with Crippen LogP contribution in [0.25, 0.3) is 0 Å². The minimum absolute atomic E-state index is 0.103. The summed E-state index contributed by atoms with van der Waals surface area (Å²) in [4.78, 5) is 11.8. The summed E-state index contributed by atoms with van der Waals surface area (Å²) in [5.41, 5.74) is 1.09. The summed E-state index contributed by atoms with van der Waals surface area (Å²) in [7, 11) is 0. The van der Waals surface area contributed by atoms with Crippen molar-refractivity contribution in [2.24, 2.45) is 5.92 Å². The lowest BCUT2D eigenvalue weighted by molar-refractivity contribution is -0.122. The van der Waals surface area contributed by atoms with Gasteiger partial charge < -0.3 is 10.1 Å². The fourth-order valence-electron chi connectivity index (χ4n) is 2.12. The Morgan fingerprint density at radius 3 is 3.00 bits per heavy atom. The van der Waals surface area contributed by atoms with E-state index in [4.69, 9.17) is 4.74 Å². The van der Waals surface area contributed by atoms with Gasteiger partial charge in [0.05, 0.1) is 12.6 Å². The number of benzene rings is 1. The molecule has 1 amide bonds. The molecule has 1 heterocycles. The first-order valence-electron chi connectivity index (χ1n) is 6.18. The highest BCUT2D eigenvalue weighted by Crippen LogP contribution is 2.31. The van der Waals surface area contributed by atoms with Crippen molar-refractivity contribution in [3.05, 3.63) is 29.8 Å². The van der Waals surface area contributed by atoms with Gasteiger partial charge in [-0.15, -0.1) is 0 Å². The molecule has 0 aromatic heterocycles. The maximum Gasteiger partial charge on any atom is 0.220 e. The Bertz CT molecular complexity index is 401. The van der Waals surface area contributed by atoms with Crippen LogP contribution in [0.4, 0.5) is 0 Å². The van der Waals surface area contributed by atoms with Gasteiger partial charge in [0.25, 0.3) is 0 Å². The zero-order chi connectivity index (χ0) is 12.3. The minimum atomic E-state index is 0.103. The quantitative estimate of drug-likeness (QED) is 0.871. The third kappa shape index (κ3) is 2.99. The molecule has 0 aliphatic carbocycles. The molecule has 1 aliphatic heterocycles. The molecule has 17 heavy (non-hydrogen) atoms. The molecule has 0 radical (unpaired) electrons. The Kier molecular flexibility index (Phi) is 3.67. The molecular formula is C14H19NO2. The molecule has 0 saturated heterocycles. The predicted molar refractivity (Wildman–Crippen MR) is 66.9 cm³/mol. The summed E-state index contributed by atoms with van der Waals surface area (Å²) in [5.74, 6) is 1.42. The van der Waals surface area contributed by atoms with Crippen molar-refractivity contribution in [1.29, 1.82) is 0 Å². The summed E-state index contributed by atoms with van der Waals surface area (Å²) in [6.45, 7) is 4.78. The molecule has 1 atom stereocenters. The molecule has 0 fully saturated rings. The lowest BCUT2D eigenvalue weighted by Gasteiger charge is -2.26. The van der Waals surface area contributed by atoms with Crippen LogP contribution < -0.4 is 10.1 Å². The molecule has 3 nitrogen and oxygen atoms in total. The van der Waals surface area contributed by atoms with Gasteiger partial charge in [0.15, 0.2) is 0 Å². The third-order valence-electron chi connectivity index (χ3n) is 2.89. The van der Waals surface area contributed by atoms with E-state index in [1.54, 1.807) is 0 Å². The molecule has 0 spiro atoms. The van der Waals surface area contributed by atoms with E-state index < -0.39 is 0 Å². The van der Waals surface area contributed by atoms with Crippen molar-refractivity contribution < 1.29 is 9.53 Å². The predicted octanol–water partition coefficient (Wildman–Crippen LogP) is 2.67. The highest BCUT2D eigenvalue weighted by atomic mass is 16.5. The smallest absolute Gasteiger partial charge is 0.220 e. The molecule has 0 unspecified atom stereocenters. The van der Waals surface area contributed by atoms with Crippen molar-refractivity contribution in [3.8, 4) is 5.75 Å². The molecular weight excluding hydrogens is 214 g/mol. The van der Waals surface area contributed by atoms with E-state index in [-0.39, 0.29) is 11.9 Å². The van der Waals surface area contributed by atoms with E-state index >= 15 is 0 Å². The second-order valence-electron chi connectivity index (χ2n) is 4.89. The number of carbonyl (C=O) groups excluding carboxylic acids is 1. The maximum absolute atomic E-state index is 11.8. The van der Waals surface area contributed by atoms with Gasteiger partial charge in [-0.3, -0.25) is 4.79 Å². The number of amides is 1. The van der Waals surface area contributed by atoms with Gasteiger partial charge in [-0.05, 0) is 12.0 Å². The van der Waals surface area contributed by atoms with Crippen molar-refractivity contribution in [1.82, 2.24) is 5.32 Å². The first-order valence-corrected chi connectivity index (χ1v) is 6.18. The first-order chi connectivity index (χ1) is 8.16. The average Bonchev–Trinajstić information content (AvgIpc) is 2.28. The number of para-hydroxylation sites is 1. The van der Waals surface area contributed by atoms with Crippen LogP contribution in [0.2, 0.25) is 0 Å². The number of fused-ring (bicyclic) bond motifs is 1. The van der Waals surface area contributed by atoms with E-state index in [2.05, 4.69) is 19.2 Å². The van der Waals surface area contributed by atoms with E-state index in [1.807, 2.05) is 24.3 Å². The molecule has 1 aromatic rings. The first kappa shape index (κ1) is 12.0. The number of ether oxygens (including phenoxy) is 1. The Labute approximate surface area is 102 Å². The number of rotatable bonds is 3. The number of carbonyl (C=O) groups is 1. The summed E-state index contributed by atoms with van der Waals surface area (Å²) in [5, 5.41) is 3.09. The van der Waals surface area contributed by atoms with E-state index in [0.717, 1.165) is 17.7 Å². The molecule has 1 aromatic carbocycles.